The number of benzene rings is 2. The average molecular weight is 304 g/mol. The first-order valence-electron chi connectivity index (χ1n) is 6.98. The molecule has 0 spiro atoms. The van der Waals surface area contributed by atoms with Crippen molar-refractivity contribution in [2.24, 2.45) is 0 Å². The predicted octanol–water partition coefficient (Wildman–Crippen LogP) is 4.26. The molecule has 0 bridgehead atoms. The Bertz CT molecular complexity index is 679. The maximum Gasteiger partial charge on any atom is 0.167 e. The fourth-order valence-electron chi connectivity index (χ4n) is 2.61. The molecule has 4 heteroatoms. The zero-order chi connectivity index (χ0) is 14.8. The van der Waals surface area contributed by atoms with Crippen molar-refractivity contribution in [3.05, 3.63) is 63.9 Å². The van der Waals surface area contributed by atoms with Gasteiger partial charge in [0.2, 0.25) is 0 Å². The molecule has 0 atom stereocenters. The largest absolute Gasteiger partial charge is 0.385 e. The maximum absolute atomic E-state index is 13.8. The van der Waals surface area contributed by atoms with Gasteiger partial charge < -0.3 is 5.32 Å². The van der Waals surface area contributed by atoms with Gasteiger partial charge in [0.25, 0.3) is 0 Å². The lowest BCUT2D eigenvalue weighted by Crippen LogP contribution is -2.13. The van der Waals surface area contributed by atoms with E-state index in [1.165, 1.54) is 12.1 Å². The van der Waals surface area contributed by atoms with Gasteiger partial charge in [0.1, 0.15) is 5.82 Å². The fraction of sp³-hybridized carbons (Fsp3) is 0.235. The molecule has 0 aliphatic carbocycles. The average Bonchev–Trinajstić information content (AvgIpc) is 2.50. The SMILES string of the molecule is O=C(Cc1c(F)cccc1Cl)c1ccc2c(c1)CCCN2. The van der Waals surface area contributed by atoms with E-state index in [4.69, 9.17) is 11.6 Å². The van der Waals surface area contributed by atoms with Crippen LogP contribution in [0.2, 0.25) is 5.02 Å². The van der Waals surface area contributed by atoms with Crippen LogP contribution in [0.5, 0.6) is 0 Å². The van der Waals surface area contributed by atoms with Crippen molar-refractivity contribution in [1.82, 2.24) is 0 Å². The Balaban J connectivity index is 1.86. The quantitative estimate of drug-likeness (QED) is 0.858. The highest BCUT2D eigenvalue weighted by Crippen LogP contribution is 2.25. The Hall–Kier alpha value is -1.87. The summed E-state index contributed by atoms with van der Waals surface area (Å²) >= 11 is 5.97. The van der Waals surface area contributed by atoms with E-state index < -0.39 is 5.82 Å². The molecule has 21 heavy (non-hydrogen) atoms. The predicted molar refractivity (Wildman–Crippen MR) is 82.7 cm³/mol. The number of anilines is 1. The first kappa shape index (κ1) is 14.1. The molecule has 1 aliphatic rings. The minimum absolute atomic E-state index is 0.0161. The molecule has 3 rings (SSSR count). The summed E-state index contributed by atoms with van der Waals surface area (Å²) in [6.45, 7) is 0.963. The molecule has 2 aromatic rings. The summed E-state index contributed by atoms with van der Waals surface area (Å²) in [4.78, 5) is 12.4. The molecule has 1 aliphatic heterocycles. The number of hydrogen-bond acceptors (Lipinski definition) is 2. The minimum atomic E-state index is -0.435. The summed E-state index contributed by atoms with van der Waals surface area (Å²) < 4.78 is 13.8. The second-order valence-corrected chi connectivity index (χ2v) is 5.61. The Morgan fingerprint density at radius 1 is 1.29 bits per heavy atom. The van der Waals surface area contributed by atoms with E-state index in [-0.39, 0.29) is 17.8 Å². The Morgan fingerprint density at radius 3 is 2.95 bits per heavy atom. The first-order valence-corrected chi connectivity index (χ1v) is 7.36. The number of ketones is 1. The van der Waals surface area contributed by atoms with Crippen LogP contribution in [0.4, 0.5) is 10.1 Å². The van der Waals surface area contributed by atoms with E-state index in [1.807, 2.05) is 12.1 Å². The lowest BCUT2D eigenvalue weighted by atomic mass is 9.96. The molecule has 0 radical (unpaired) electrons. The summed E-state index contributed by atoms with van der Waals surface area (Å²) in [5, 5.41) is 3.60. The number of hydrogen-bond donors (Lipinski definition) is 1. The molecule has 108 valence electrons. The number of carbonyl (C=O) groups excluding carboxylic acids is 1. The van der Waals surface area contributed by atoms with Crippen molar-refractivity contribution >= 4 is 23.1 Å². The van der Waals surface area contributed by atoms with Gasteiger partial charge >= 0.3 is 0 Å². The van der Waals surface area contributed by atoms with Crippen molar-refractivity contribution in [2.45, 2.75) is 19.3 Å². The molecule has 2 nitrogen and oxygen atoms in total. The van der Waals surface area contributed by atoms with E-state index in [2.05, 4.69) is 5.32 Å². The molecule has 0 saturated carbocycles. The van der Waals surface area contributed by atoms with Crippen LogP contribution in [0.25, 0.3) is 0 Å². The second-order valence-electron chi connectivity index (χ2n) is 5.20. The lowest BCUT2D eigenvalue weighted by Gasteiger charge is -2.18. The number of carbonyl (C=O) groups is 1. The van der Waals surface area contributed by atoms with Crippen molar-refractivity contribution in [2.75, 3.05) is 11.9 Å². The number of nitrogens with one attached hydrogen (secondary N) is 1. The van der Waals surface area contributed by atoms with Crippen molar-refractivity contribution in [1.29, 1.82) is 0 Å². The number of aryl methyl sites for hydroxylation is 1. The van der Waals surface area contributed by atoms with Crippen LogP contribution in [-0.4, -0.2) is 12.3 Å². The molecule has 2 aromatic carbocycles. The minimum Gasteiger partial charge on any atom is -0.385 e. The number of rotatable bonds is 3. The van der Waals surface area contributed by atoms with Crippen molar-refractivity contribution in [3.63, 3.8) is 0 Å². The number of fused-ring (bicyclic) bond motifs is 1. The van der Waals surface area contributed by atoms with Gasteiger partial charge in [-0.05, 0) is 48.7 Å². The van der Waals surface area contributed by atoms with Crippen LogP contribution in [0.1, 0.15) is 27.9 Å². The summed E-state index contributed by atoms with van der Waals surface area (Å²) in [7, 11) is 0. The standard InChI is InChI=1S/C17H15ClFNO/c18-14-4-1-5-15(19)13(14)10-17(21)12-6-7-16-11(9-12)3-2-8-20-16/h1,4-7,9,20H,2-3,8,10H2. The van der Waals surface area contributed by atoms with E-state index in [1.54, 1.807) is 12.1 Å². The summed E-state index contributed by atoms with van der Waals surface area (Å²) in [6, 6.07) is 10.1. The summed E-state index contributed by atoms with van der Waals surface area (Å²) in [5.41, 5.74) is 3.10. The van der Waals surface area contributed by atoms with Gasteiger partial charge in [-0.25, -0.2) is 4.39 Å². The van der Waals surface area contributed by atoms with Crippen LogP contribution in [-0.2, 0) is 12.8 Å². The van der Waals surface area contributed by atoms with E-state index >= 15 is 0 Å². The maximum atomic E-state index is 13.8. The van der Waals surface area contributed by atoms with Gasteiger partial charge in [-0.2, -0.15) is 0 Å². The smallest absolute Gasteiger partial charge is 0.167 e. The van der Waals surface area contributed by atoms with Crippen molar-refractivity contribution < 1.29 is 9.18 Å². The van der Waals surface area contributed by atoms with Crippen LogP contribution < -0.4 is 5.32 Å². The summed E-state index contributed by atoms with van der Waals surface area (Å²) in [5.74, 6) is -0.550. The monoisotopic (exact) mass is 303 g/mol. The van der Waals surface area contributed by atoms with Crippen LogP contribution in [0.3, 0.4) is 0 Å². The zero-order valence-electron chi connectivity index (χ0n) is 11.5. The molecular weight excluding hydrogens is 289 g/mol. The number of halogens is 2. The first-order chi connectivity index (χ1) is 10.1. The molecule has 0 fully saturated rings. The van der Waals surface area contributed by atoms with Gasteiger partial charge in [0.05, 0.1) is 0 Å². The molecule has 0 aromatic heterocycles. The molecule has 0 unspecified atom stereocenters. The highest BCUT2D eigenvalue weighted by molar-refractivity contribution is 6.31. The lowest BCUT2D eigenvalue weighted by molar-refractivity contribution is 0.0991. The Labute approximate surface area is 127 Å². The van der Waals surface area contributed by atoms with E-state index in [0.29, 0.717) is 10.6 Å². The topological polar surface area (TPSA) is 29.1 Å². The zero-order valence-corrected chi connectivity index (χ0v) is 12.2. The van der Waals surface area contributed by atoms with Crippen LogP contribution in [0.15, 0.2) is 36.4 Å². The fourth-order valence-corrected chi connectivity index (χ4v) is 2.84. The Morgan fingerprint density at radius 2 is 2.14 bits per heavy atom. The Kier molecular flexibility index (Phi) is 3.93. The third kappa shape index (κ3) is 2.93. The van der Waals surface area contributed by atoms with E-state index in [9.17, 15) is 9.18 Å². The third-order valence-corrected chi connectivity index (χ3v) is 4.12. The third-order valence-electron chi connectivity index (χ3n) is 3.76. The highest BCUT2D eigenvalue weighted by atomic mass is 35.5. The number of Topliss-reactive ketones (excluding diaryl/α,β-unsaturated/α-hetero) is 1. The second kappa shape index (κ2) is 5.86. The summed E-state index contributed by atoms with van der Waals surface area (Å²) in [6.07, 6.45) is 2.01. The highest BCUT2D eigenvalue weighted by Gasteiger charge is 2.16. The molecule has 1 heterocycles. The van der Waals surface area contributed by atoms with Gasteiger partial charge in [-0.15, -0.1) is 0 Å². The van der Waals surface area contributed by atoms with Crippen molar-refractivity contribution in [3.8, 4) is 0 Å². The van der Waals surface area contributed by atoms with Gasteiger partial charge in [0, 0.05) is 34.8 Å². The van der Waals surface area contributed by atoms with Gasteiger partial charge in [-0.3, -0.25) is 4.79 Å². The van der Waals surface area contributed by atoms with Crippen LogP contribution >= 0.6 is 11.6 Å². The normalized spacial score (nSPS) is 13.4. The molecular formula is C17H15ClFNO. The van der Waals surface area contributed by atoms with E-state index in [0.717, 1.165) is 30.6 Å². The van der Waals surface area contributed by atoms with Gasteiger partial charge in [0.15, 0.2) is 5.78 Å². The molecule has 0 amide bonds. The molecule has 1 N–H and O–H groups in total. The van der Waals surface area contributed by atoms with Gasteiger partial charge in [-0.1, -0.05) is 17.7 Å². The molecule has 0 saturated heterocycles. The van der Waals surface area contributed by atoms with Crippen LogP contribution in [0, 0.1) is 5.82 Å².